The minimum atomic E-state index is -4.33. The quantitative estimate of drug-likeness (QED) is 0.350. The molecule has 2 aliphatic carbocycles. The van der Waals surface area contributed by atoms with Gasteiger partial charge in [-0.1, -0.05) is 62.4 Å². The van der Waals surface area contributed by atoms with Crippen LogP contribution in [0.2, 0.25) is 0 Å². The smallest absolute Gasteiger partial charge is 0.265 e. The molecule has 0 amide bonds. The van der Waals surface area contributed by atoms with E-state index in [-0.39, 0.29) is 28.5 Å². The second kappa shape index (κ2) is 8.36. The van der Waals surface area contributed by atoms with E-state index in [9.17, 15) is 17.8 Å². The Morgan fingerprint density at radius 2 is 1.44 bits per heavy atom. The maximum Gasteiger partial charge on any atom is 0.265 e. The van der Waals surface area contributed by atoms with E-state index in [1.807, 2.05) is 62.4 Å². The summed E-state index contributed by atoms with van der Waals surface area (Å²) in [7, 11) is -4.67. The molecule has 5 rings (SSSR count). The molecule has 0 spiro atoms. The highest BCUT2D eigenvalue weighted by Gasteiger charge is 2.70. The Hall–Kier alpha value is -2.41. The van der Waals surface area contributed by atoms with Crippen molar-refractivity contribution < 1.29 is 17.8 Å². The first-order valence-corrected chi connectivity index (χ1v) is 14.4. The average Bonchev–Trinajstić information content (AvgIpc) is 3.12. The fraction of sp³-hybridized carbons (Fsp3) is 0.321. The molecule has 6 heteroatoms. The van der Waals surface area contributed by atoms with Gasteiger partial charge in [0, 0.05) is 6.42 Å². The molecule has 3 aromatic carbocycles. The monoisotopic (exact) mass is 493 g/mol. The van der Waals surface area contributed by atoms with E-state index in [1.54, 1.807) is 0 Å². The Morgan fingerprint density at radius 3 is 1.97 bits per heavy atom. The number of ketones is 1. The molecule has 2 bridgehead atoms. The van der Waals surface area contributed by atoms with Gasteiger partial charge in [0.25, 0.3) is 10.1 Å². The number of hydrogen-bond acceptors (Lipinski definition) is 3. The number of benzene rings is 3. The Labute approximate surface area is 204 Å². The summed E-state index contributed by atoms with van der Waals surface area (Å²) < 4.78 is 34.1. The molecule has 0 aliphatic heterocycles. The van der Waals surface area contributed by atoms with Crippen LogP contribution in [0, 0.1) is 16.7 Å². The molecule has 0 saturated heterocycles. The van der Waals surface area contributed by atoms with Gasteiger partial charge in [-0.05, 0) is 65.6 Å². The SMILES string of the molecule is CC1(C)C2CC(=O)C1(CS(=O)(=O)O)C(c1cccc([S+](c3ccccc3)c3ccccc3)c1)C2. The molecule has 176 valence electrons. The highest BCUT2D eigenvalue weighted by Crippen LogP contribution is 2.69. The number of carbonyl (C=O) groups excluding carboxylic acids is 1. The van der Waals surface area contributed by atoms with Crippen LogP contribution < -0.4 is 0 Å². The van der Waals surface area contributed by atoms with Crippen LogP contribution in [-0.2, 0) is 25.8 Å². The summed E-state index contributed by atoms with van der Waals surface area (Å²) in [5.74, 6) is -0.684. The number of Topliss-reactive ketones (excluding diaryl/α,β-unsaturated/α-hetero) is 1. The van der Waals surface area contributed by atoms with Gasteiger partial charge in [0.1, 0.15) is 5.78 Å². The lowest BCUT2D eigenvalue weighted by Gasteiger charge is -2.40. The molecule has 2 aliphatic rings. The van der Waals surface area contributed by atoms with Crippen molar-refractivity contribution in [2.45, 2.75) is 47.3 Å². The van der Waals surface area contributed by atoms with Crippen LogP contribution in [-0.4, -0.2) is 24.5 Å². The van der Waals surface area contributed by atoms with E-state index in [1.165, 1.54) is 9.79 Å². The van der Waals surface area contributed by atoms with E-state index >= 15 is 0 Å². The highest BCUT2D eigenvalue weighted by atomic mass is 32.2. The summed E-state index contributed by atoms with van der Waals surface area (Å²) in [6, 6.07) is 29.0. The Balaban J connectivity index is 1.63. The molecule has 4 nitrogen and oxygen atoms in total. The van der Waals surface area contributed by atoms with Gasteiger partial charge in [0.05, 0.1) is 22.1 Å². The summed E-state index contributed by atoms with van der Waals surface area (Å²) in [5, 5.41) is 0. The van der Waals surface area contributed by atoms with Crippen molar-refractivity contribution in [2.75, 3.05) is 5.75 Å². The first-order chi connectivity index (χ1) is 16.1. The van der Waals surface area contributed by atoms with Crippen LogP contribution in [0.3, 0.4) is 0 Å². The van der Waals surface area contributed by atoms with Crippen molar-refractivity contribution in [2.24, 2.45) is 16.7 Å². The first-order valence-electron chi connectivity index (χ1n) is 11.6. The zero-order valence-electron chi connectivity index (χ0n) is 19.3. The average molecular weight is 494 g/mol. The molecule has 0 radical (unpaired) electrons. The van der Waals surface area contributed by atoms with Crippen LogP contribution in [0.5, 0.6) is 0 Å². The van der Waals surface area contributed by atoms with E-state index in [2.05, 4.69) is 36.4 Å². The van der Waals surface area contributed by atoms with Gasteiger partial charge in [-0.15, -0.1) is 0 Å². The summed E-state index contributed by atoms with van der Waals surface area (Å²) >= 11 is 0. The van der Waals surface area contributed by atoms with Crippen molar-refractivity contribution >= 4 is 26.8 Å². The fourth-order valence-electron chi connectivity index (χ4n) is 6.35. The minimum absolute atomic E-state index is 0.0353. The number of hydrogen-bond donors (Lipinski definition) is 1. The lowest BCUT2D eigenvalue weighted by Crippen LogP contribution is -2.46. The molecule has 3 unspecified atom stereocenters. The number of fused-ring (bicyclic) bond motifs is 2. The van der Waals surface area contributed by atoms with Crippen LogP contribution in [0.4, 0.5) is 0 Å². The van der Waals surface area contributed by atoms with Crippen LogP contribution >= 0.6 is 0 Å². The maximum atomic E-state index is 13.3. The Kier molecular flexibility index (Phi) is 5.74. The molecule has 2 saturated carbocycles. The Bertz CT molecular complexity index is 1280. The molecular formula is C28H29O4S2+. The molecule has 1 N–H and O–H groups in total. The maximum absolute atomic E-state index is 13.3. The van der Waals surface area contributed by atoms with Crippen molar-refractivity contribution in [3.63, 3.8) is 0 Å². The summed E-state index contributed by atoms with van der Waals surface area (Å²) in [5.41, 5.74) is -0.627. The van der Waals surface area contributed by atoms with Crippen molar-refractivity contribution in [3.05, 3.63) is 90.5 Å². The number of carbonyl (C=O) groups is 1. The van der Waals surface area contributed by atoms with Gasteiger partial charge in [0.2, 0.25) is 0 Å². The van der Waals surface area contributed by atoms with Crippen LogP contribution in [0.25, 0.3) is 0 Å². The van der Waals surface area contributed by atoms with Crippen molar-refractivity contribution in [1.29, 1.82) is 0 Å². The fourth-order valence-corrected chi connectivity index (χ4v) is 9.80. The van der Waals surface area contributed by atoms with E-state index in [0.29, 0.717) is 6.42 Å². The van der Waals surface area contributed by atoms with Gasteiger partial charge in [-0.2, -0.15) is 8.42 Å². The largest absolute Gasteiger partial charge is 0.299 e. The van der Waals surface area contributed by atoms with Crippen LogP contribution in [0.1, 0.15) is 38.2 Å². The zero-order valence-corrected chi connectivity index (χ0v) is 21.0. The van der Waals surface area contributed by atoms with Gasteiger partial charge < -0.3 is 0 Å². The normalized spacial score (nSPS) is 25.7. The predicted molar refractivity (Wildman–Crippen MR) is 135 cm³/mol. The third kappa shape index (κ3) is 3.72. The standard InChI is InChI=1S/C28H28O4S2/c1-27(2)21-17-25(28(27,26(29)18-21)19-34(30,31)32)20-10-9-15-24(16-20)33(22-11-5-3-6-12-22)23-13-7-4-8-14-23/h3-16,21,25H,17-19H2,1-2H3/p+1. The molecule has 2 fully saturated rings. The van der Waals surface area contributed by atoms with Gasteiger partial charge >= 0.3 is 0 Å². The lowest BCUT2D eigenvalue weighted by molar-refractivity contribution is -0.129. The van der Waals surface area contributed by atoms with Crippen molar-refractivity contribution in [1.82, 2.24) is 0 Å². The molecule has 3 atom stereocenters. The van der Waals surface area contributed by atoms with Gasteiger partial charge in [-0.25, -0.2) is 0 Å². The van der Waals surface area contributed by atoms with Crippen molar-refractivity contribution in [3.8, 4) is 0 Å². The summed E-state index contributed by atoms with van der Waals surface area (Å²) in [4.78, 5) is 16.8. The zero-order chi connectivity index (χ0) is 24.1. The third-order valence-electron chi connectivity index (χ3n) is 8.08. The van der Waals surface area contributed by atoms with E-state index in [4.69, 9.17) is 0 Å². The summed E-state index contributed by atoms with van der Waals surface area (Å²) in [6.07, 6.45) is 1.14. The second-order valence-corrected chi connectivity index (χ2v) is 13.5. The molecule has 0 heterocycles. The molecule has 0 aromatic heterocycles. The van der Waals surface area contributed by atoms with E-state index < -0.39 is 26.7 Å². The predicted octanol–water partition coefficient (Wildman–Crippen LogP) is 5.76. The molecule has 34 heavy (non-hydrogen) atoms. The van der Waals surface area contributed by atoms with Gasteiger partial charge in [0.15, 0.2) is 14.7 Å². The second-order valence-electron chi connectivity index (χ2n) is 10.0. The lowest BCUT2D eigenvalue weighted by atomic mass is 9.64. The first kappa shape index (κ1) is 23.3. The van der Waals surface area contributed by atoms with Gasteiger partial charge in [-0.3, -0.25) is 9.35 Å². The third-order valence-corrected chi connectivity index (χ3v) is 11.1. The van der Waals surface area contributed by atoms with E-state index in [0.717, 1.165) is 16.9 Å². The Morgan fingerprint density at radius 1 is 0.882 bits per heavy atom. The van der Waals surface area contributed by atoms with Crippen LogP contribution in [0.15, 0.2) is 99.6 Å². The summed E-state index contributed by atoms with van der Waals surface area (Å²) in [6.45, 7) is 3.99. The topological polar surface area (TPSA) is 71.4 Å². The minimum Gasteiger partial charge on any atom is -0.299 e. The molecule has 3 aromatic rings. The molecular weight excluding hydrogens is 464 g/mol. The highest BCUT2D eigenvalue weighted by molar-refractivity contribution is 7.97. The number of rotatable bonds is 6.